The van der Waals surface area contributed by atoms with Crippen LogP contribution in [0.1, 0.15) is 21.5 Å². The molecule has 20 heavy (non-hydrogen) atoms. The minimum atomic E-state index is -4.53. The monoisotopic (exact) mass is 296 g/mol. The van der Waals surface area contributed by atoms with E-state index in [4.69, 9.17) is 0 Å². The summed E-state index contributed by atoms with van der Waals surface area (Å²) in [7, 11) is -1.63. The Morgan fingerprint density at radius 1 is 0.900 bits per heavy atom. The van der Waals surface area contributed by atoms with E-state index in [1.165, 1.54) is 6.07 Å². The third-order valence-corrected chi connectivity index (χ3v) is 4.59. The first-order chi connectivity index (χ1) is 9.39. The zero-order valence-corrected chi connectivity index (χ0v) is 10.7. The van der Waals surface area contributed by atoms with Crippen molar-refractivity contribution in [2.75, 3.05) is 0 Å². The molecule has 0 aromatic heterocycles. The number of benzene rings is 2. The smallest absolute Gasteiger partial charge is 0.289 e. The molecule has 0 spiro atoms. The summed E-state index contributed by atoms with van der Waals surface area (Å²) in [4.78, 5) is 12.7. The molecule has 6 heteroatoms. The molecule has 102 valence electrons. The number of fused-ring (bicyclic) bond motifs is 2. The van der Waals surface area contributed by atoms with Gasteiger partial charge in [-0.05, 0) is 30.3 Å². The second-order valence-corrected chi connectivity index (χ2v) is 5.72. The number of hydrogen-bond donors (Lipinski definition) is 0. The van der Waals surface area contributed by atoms with Gasteiger partial charge in [0.1, 0.15) is 0 Å². The second kappa shape index (κ2) is 4.28. The van der Waals surface area contributed by atoms with Gasteiger partial charge in [0, 0.05) is 11.1 Å². The highest BCUT2D eigenvalue weighted by molar-refractivity contribution is 7.85. The van der Waals surface area contributed by atoms with Gasteiger partial charge in [0.05, 0.1) is 26.2 Å². The Bertz CT molecular complexity index is 750. The van der Waals surface area contributed by atoms with Crippen molar-refractivity contribution < 1.29 is 22.2 Å². The molecule has 1 unspecified atom stereocenters. The molecular weight excluding hydrogens is 289 g/mol. The van der Waals surface area contributed by atoms with Gasteiger partial charge in [-0.15, -0.1) is 0 Å². The predicted molar refractivity (Wildman–Crippen MR) is 66.0 cm³/mol. The van der Waals surface area contributed by atoms with Crippen LogP contribution in [0.15, 0.2) is 52.3 Å². The van der Waals surface area contributed by atoms with Crippen molar-refractivity contribution in [1.29, 1.82) is 0 Å². The summed E-state index contributed by atoms with van der Waals surface area (Å²) in [5.41, 5.74) is -0.865. The number of rotatable bonds is 0. The molecule has 2 nitrogen and oxygen atoms in total. The normalized spacial score (nSPS) is 17.6. The van der Waals surface area contributed by atoms with Crippen molar-refractivity contribution in [1.82, 2.24) is 0 Å². The van der Waals surface area contributed by atoms with Crippen molar-refractivity contribution in [2.45, 2.75) is 16.0 Å². The van der Waals surface area contributed by atoms with Crippen molar-refractivity contribution >= 4 is 16.6 Å². The lowest BCUT2D eigenvalue weighted by Gasteiger charge is -2.19. The number of carbonyl (C=O) groups excluding carboxylic acids is 1. The summed E-state index contributed by atoms with van der Waals surface area (Å²) in [6.45, 7) is 0. The van der Waals surface area contributed by atoms with Crippen molar-refractivity contribution in [3.05, 3.63) is 59.2 Å². The standard InChI is InChI=1S/C14H7F3O2S/c15-14(16,17)8-5-6-12-10(7-8)13(18)9-3-1-2-4-11(9)20(12)19/h1-7H. The molecule has 0 saturated heterocycles. The highest BCUT2D eigenvalue weighted by Gasteiger charge is 2.35. The van der Waals surface area contributed by atoms with E-state index < -0.39 is 28.3 Å². The van der Waals surface area contributed by atoms with Gasteiger partial charge >= 0.3 is 6.18 Å². The highest BCUT2D eigenvalue weighted by Crippen LogP contribution is 2.36. The summed E-state index contributed by atoms with van der Waals surface area (Å²) in [5, 5.41) is 0. The predicted octanol–water partition coefficient (Wildman–Crippen LogP) is 3.42. The molecule has 0 amide bonds. The molecule has 1 aliphatic heterocycles. The van der Waals surface area contributed by atoms with Crippen LogP contribution in [0, 0.1) is 0 Å². The minimum Gasteiger partial charge on any atom is -0.289 e. The Morgan fingerprint density at radius 3 is 2.25 bits per heavy atom. The first-order valence-electron chi connectivity index (χ1n) is 5.66. The van der Waals surface area contributed by atoms with Gasteiger partial charge in [-0.25, -0.2) is 4.21 Å². The van der Waals surface area contributed by atoms with Crippen LogP contribution in [0.3, 0.4) is 0 Å². The quantitative estimate of drug-likeness (QED) is 0.637. The SMILES string of the molecule is O=C1c2ccccc2S(=O)c2ccc(C(F)(F)F)cc21. The average Bonchev–Trinajstić information content (AvgIpc) is 2.43. The van der Waals surface area contributed by atoms with Gasteiger partial charge < -0.3 is 0 Å². The largest absolute Gasteiger partial charge is 0.416 e. The van der Waals surface area contributed by atoms with Crippen LogP contribution in [0.4, 0.5) is 13.2 Å². The summed E-state index contributed by atoms with van der Waals surface area (Å²) >= 11 is 0. The van der Waals surface area contributed by atoms with Gasteiger partial charge in [0.2, 0.25) is 0 Å². The maximum absolute atomic E-state index is 12.7. The molecule has 0 radical (unpaired) electrons. The number of alkyl halides is 3. The van der Waals surface area contributed by atoms with E-state index in [9.17, 15) is 22.2 Å². The summed E-state index contributed by atoms with van der Waals surface area (Å²) in [5.74, 6) is -0.527. The van der Waals surface area contributed by atoms with Crippen molar-refractivity contribution in [3.63, 3.8) is 0 Å². The zero-order chi connectivity index (χ0) is 14.5. The topological polar surface area (TPSA) is 34.1 Å². The summed E-state index contributed by atoms with van der Waals surface area (Å²) in [6.07, 6.45) is -4.53. The Labute approximate surface area is 114 Å². The van der Waals surface area contributed by atoms with E-state index in [2.05, 4.69) is 0 Å². The second-order valence-electron chi connectivity index (χ2n) is 4.30. The molecule has 1 atom stereocenters. The molecule has 1 heterocycles. The molecule has 2 aromatic carbocycles. The van der Waals surface area contributed by atoms with E-state index in [0.29, 0.717) is 4.90 Å². The van der Waals surface area contributed by atoms with E-state index in [1.54, 1.807) is 18.2 Å². The fraction of sp³-hybridized carbons (Fsp3) is 0.0714. The van der Waals surface area contributed by atoms with Crippen LogP contribution in [-0.4, -0.2) is 9.99 Å². The Hall–Kier alpha value is -1.95. The first-order valence-corrected chi connectivity index (χ1v) is 6.81. The third-order valence-electron chi connectivity index (χ3n) is 3.08. The molecule has 3 rings (SSSR count). The van der Waals surface area contributed by atoms with Crippen LogP contribution in [0.2, 0.25) is 0 Å². The number of halogens is 3. The Morgan fingerprint density at radius 2 is 1.55 bits per heavy atom. The van der Waals surface area contributed by atoms with Gasteiger partial charge in [-0.3, -0.25) is 4.79 Å². The maximum atomic E-state index is 12.7. The van der Waals surface area contributed by atoms with Crippen LogP contribution < -0.4 is 0 Å². The molecule has 2 aromatic rings. The summed E-state index contributed by atoms with van der Waals surface area (Å²) < 4.78 is 50.4. The molecule has 0 fully saturated rings. The van der Waals surface area contributed by atoms with Gasteiger partial charge in [-0.2, -0.15) is 13.2 Å². The lowest BCUT2D eigenvalue weighted by atomic mass is 10.0. The first kappa shape index (κ1) is 13.1. The van der Waals surface area contributed by atoms with Crippen LogP contribution in [-0.2, 0) is 17.0 Å². The van der Waals surface area contributed by atoms with Crippen molar-refractivity contribution in [2.24, 2.45) is 0 Å². The molecule has 1 aliphatic rings. The van der Waals surface area contributed by atoms with Crippen molar-refractivity contribution in [3.8, 4) is 0 Å². The number of carbonyl (C=O) groups is 1. The fourth-order valence-electron chi connectivity index (χ4n) is 2.12. The number of hydrogen-bond acceptors (Lipinski definition) is 2. The maximum Gasteiger partial charge on any atom is 0.416 e. The lowest BCUT2D eigenvalue weighted by Crippen LogP contribution is -2.18. The Kier molecular flexibility index (Phi) is 2.79. The average molecular weight is 296 g/mol. The van der Waals surface area contributed by atoms with Gasteiger partial charge in [0.15, 0.2) is 5.78 Å². The Balaban J connectivity index is 2.24. The third kappa shape index (κ3) is 1.87. The molecular formula is C14H7F3O2S. The zero-order valence-electron chi connectivity index (χ0n) is 9.90. The van der Waals surface area contributed by atoms with Gasteiger partial charge in [0.25, 0.3) is 0 Å². The van der Waals surface area contributed by atoms with Gasteiger partial charge in [-0.1, -0.05) is 12.1 Å². The summed E-state index contributed by atoms with van der Waals surface area (Å²) in [6, 6.07) is 8.97. The van der Waals surface area contributed by atoms with Crippen LogP contribution in [0.25, 0.3) is 0 Å². The number of ketones is 1. The van der Waals surface area contributed by atoms with E-state index in [1.807, 2.05) is 0 Å². The fourth-order valence-corrected chi connectivity index (χ4v) is 3.47. The van der Waals surface area contributed by atoms with Crippen LogP contribution >= 0.6 is 0 Å². The van der Waals surface area contributed by atoms with E-state index >= 15 is 0 Å². The molecule has 0 bridgehead atoms. The lowest BCUT2D eigenvalue weighted by molar-refractivity contribution is -0.137. The molecule has 0 N–H and O–H groups in total. The van der Waals surface area contributed by atoms with E-state index in [-0.39, 0.29) is 16.0 Å². The highest BCUT2D eigenvalue weighted by atomic mass is 32.2. The van der Waals surface area contributed by atoms with E-state index in [0.717, 1.165) is 18.2 Å². The minimum absolute atomic E-state index is 0.127. The molecule has 0 saturated carbocycles. The van der Waals surface area contributed by atoms with Crippen LogP contribution in [0.5, 0.6) is 0 Å². The molecule has 0 aliphatic carbocycles.